The highest BCUT2D eigenvalue weighted by Gasteiger charge is 2.47. The number of hydrogen-bond donors (Lipinski definition) is 0. The fourth-order valence-electron chi connectivity index (χ4n) is 3.48. The molecule has 5 heteroatoms. The Hall–Kier alpha value is -2.69. The number of nitrogens with zero attached hydrogens (tertiary/aromatic N) is 2. The van der Waals surface area contributed by atoms with Crippen LogP contribution in [-0.4, -0.2) is 28.8 Å². The van der Waals surface area contributed by atoms with Gasteiger partial charge in [-0.2, -0.15) is 0 Å². The van der Waals surface area contributed by atoms with Crippen LogP contribution >= 0.6 is 0 Å². The van der Waals surface area contributed by atoms with Gasteiger partial charge in [-0.25, -0.2) is 0 Å². The van der Waals surface area contributed by atoms with E-state index in [0.717, 1.165) is 30.4 Å². The molecule has 1 aliphatic carbocycles. The van der Waals surface area contributed by atoms with Crippen molar-refractivity contribution < 1.29 is 14.3 Å². The minimum Gasteiger partial charge on any atom is -0.426 e. The fourth-order valence-corrected chi connectivity index (χ4v) is 3.48. The predicted octanol–water partition coefficient (Wildman–Crippen LogP) is 2.69. The number of hydrogen-bond acceptors (Lipinski definition) is 4. The molecule has 1 fully saturated rings. The molecular weight excluding hydrogens is 304 g/mol. The first-order chi connectivity index (χ1) is 11.6. The molecule has 0 bridgehead atoms. The minimum atomic E-state index is -0.603. The van der Waals surface area contributed by atoms with Crippen molar-refractivity contribution in [2.45, 2.75) is 31.2 Å². The van der Waals surface area contributed by atoms with Gasteiger partial charge in [-0.05, 0) is 42.2 Å². The predicted molar refractivity (Wildman–Crippen MR) is 87.6 cm³/mol. The zero-order valence-corrected chi connectivity index (χ0v) is 13.5. The molecule has 1 aromatic heterocycles. The van der Waals surface area contributed by atoms with Gasteiger partial charge in [0.15, 0.2) is 0 Å². The van der Waals surface area contributed by atoms with Crippen LogP contribution in [0.15, 0.2) is 42.7 Å². The summed E-state index contributed by atoms with van der Waals surface area (Å²) in [5.74, 6) is 0.131. The quantitative estimate of drug-likeness (QED) is 0.644. The smallest absolute Gasteiger partial charge is 0.322 e. The van der Waals surface area contributed by atoms with Crippen LogP contribution in [0.25, 0.3) is 0 Å². The summed E-state index contributed by atoms with van der Waals surface area (Å²) in [4.78, 5) is 30.7. The van der Waals surface area contributed by atoms with Crippen LogP contribution in [0.2, 0.25) is 0 Å². The first-order valence-electron chi connectivity index (χ1n) is 8.11. The number of amides is 1. The average molecular weight is 322 g/mol. The number of benzene rings is 1. The Kier molecular flexibility index (Phi) is 3.37. The Morgan fingerprint density at radius 3 is 2.79 bits per heavy atom. The van der Waals surface area contributed by atoms with Crippen molar-refractivity contribution in [1.29, 1.82) is 0 Å². The minimum absolute atomic E-state index is 0.0338. The largest absolute Gasteiger partial charge is 0.426 e. The van der Waals surface area contributed by atoms with E-state index in [1.54, 1.807) is 36.5 Å². The van der Waals surface area contributed by atoms with Crippen molar-refractivity contribution in [2.24, 2.45) is 0 Å². The third-order valence-corrected chi connectivity index (χ3v) is 5.09. The van der Waals surface area contributed by atoms with Gasteiger partial charge in [-0.15, -0.1) is 0 Å². The standard InChI is InChI=1S/C19H18N2O3/c1-21-12-13-5-6-15(10-16(13)17(21)22)24-18(23)19(7-3-8-19)14-4-2-9-20-11-14/h2,4-6,9-11H,3,7-8,12H2,1H3. The molecule has 0 spiro atoms. The molecule has 2 heterocycles. The maximum Gasteiger partial charge on any atom is 0.322 e. The normalized spacial score (nSPS) is 18.0. The van der Waals surface area contributed by atoms with Crippen molar-refractivity contribution >= 4 is 11.9 Å². The van der Waals surface area contributed by atoms with Crippen LogP contribution in [-0.2, 0) is 16.8 Å². The van der Waals surface area contributed by atoms with E-state index in [1.807, 2.05) is 18.2 Å². The summed E-state index contributed by atoms with van der Waals surface area (Å²) in [6.45, 7) is 0.599. The number of pyridine rings is 1. The van der Waals surface area contributed by atoms with E-state index in [4.69, 9.17) is 4.74 Å². The maximum absolute atomic E-state index is 12.8. The molecule has 0 saturated heterocycles. The molecule has 4 rings (SSSR count). The molecule has 1 saturated carbocycles. The molecule has 5 nitrogen and oxygen atoms in total. The second-order valence-corrected chi connectivity index (χ2v) is 6.55. The van der Waals surface area contributed by atoms with Crippen LogP contribution < -0.4 is 4.74 Å². The van der Waals surface area contributed by atoms with Crippen molar-refractivity contribution in [2.75, 3.05) is 7.05 Å². The Balaban J connectivity index is 1.60. The number of ether oxygens (including phenoxy) is 1. The van der Waals surface area contributed by atoms with Gasteiger partial charge in [0.1, 0.15) is 5.75 Å². The van der Waals surface area contributed by atoms with Gasteiger partial charge in [-0.3, -0.25) is 14.6 Å². The number of carbonyl (C=O) groups is 2. The number of fused-ring (bicyclic) bond motifs is 1. The molecule has 0 unspecified atom stereocenters. The fraction of sp³-hybridized carbons (Fsp3) is 0.316. The van der Waals surface area contributed by atoms with Crippen LogP contribution in [0.1, 0.15) is 40.7 Å². The van der Waals surface area contributed by atoms with Crippen molar-refractivity contribution in [3.8, 4) is 5.75 Å². The molecule has 2 aromatic rings. The van der Waals surface area contributed by atoms with Crippen LogP contribution in [0.3, 0.4) is 0 Å². The third-order valence-electron chi connectivity index (χ3n) is 5.09. The Bertz CT molecular complexity index is 813. The number of esters is 1. The molecule has 122 valence electrons. The van der Waals surface area contributed by atoms with E-state index in [9.17, 15) is 9.59 Å². The lowest BCUT2D eigenvalue weighted by molar-refractivity contribution is -0.144. The lowest BCUT2D eigenvalue weighted by Gasteiger charge is -2.39. The molecule has 1 aromatic carbocycles. The summed E-state index contributed by atoms with van der Waals surface area (Å²) in [5.41, 5.74) is 1.88. The highest BCUT2D eigenvalue weighted by Crippen LogP contribution is 2.44. The molecule has 0 radical (unpaired) electrons. The molecule has 2 aliphatic rings. The summed E-state index contributed by atoms with van der Waals surface area (Å²) in [6.07, 6.45) is 5.97. The van der Waals surface area contributed by atoms with E-state index < -0.39 is 5.41 Å². The summed E-state index contributed by atoms with van der Waals surface area (Å²) >= 11 is 0. The van der Waals surface area contributed by atoms with Crippen molar-refractivity contribution in [3.05, 3.63) is 59.4 Å². The van der Waals surface area contributed by atoms with E-state index >= 15 is 0 Å². The second kappa shape index (κ2) is 5.44. The number of aromatic nitrogens is 1. The first kappa shape index (κ1) is 14.9. The summed E-state index contributed by atoms with van der Waals surface area (Å²) in [5, 5.41) is 0. The van der Waals surface area contributed by atoms with E-state index in [2.05, 4.69) is 4.98 Å². The van der Waals surface area contributed by atoms with Crippen molar-refractivity contribution in [1.82, 2.24) is 9.88 Å². The average Bonchev–Trinajstić information content (AvgIpc) is 2.82. The summed E-state index contributed by atoms with van der Waals surface area (Å²) in [6, 6.07) is 9.06. The maximum atomic E-state index is 12.8. The Morgan fingerprint density at radius 2 is 2.12 bits per heavy atom. The number of carbonyl (C=O) groups excluding carboxylic acids is 2. The summed E-state index contributed by atoms with van der Waals surface area (Å²) in [7, 11) is 1.76. The SMILES string of the molecule is CN1Cc2ccc(OC(=O)C3(c4cccnc4)CCC3)cc2C1=O. The third kappa shape index (κ3) is 2.19. The molecular formula is C19H18N2O3. The Labute approximate surface area is 140 Å². The molecule has 24 heavy (non-hydrogen) atoms. The second-order valence-electron chi connectivity index (χ2n) is 6.55. The van der Waals surface area contributed by atoms with Gasteiger partial charge in [-0.1, -0.05) is 18.6 Å². The zero-order chi connectivity index (χ0) is 16.7. The molecule has 1 aliphatic heterocycles. The van der Waals surface area contributed by atoms with Crippen LogP contribution in [0.4, 0.5) is 0 Å². The topological polar surface area (TPSA) is 59.5 Å². The van der Waals surface area contributed by atoms with Gasteiger partial charge in [0, 0.05) is 31.5 Å². The highest BCUT2D eigenvalue weighted by atomic mass is 16.5. The van der Waals surface area contributed by atoms with Gasteiger partial charge in [0.25, 0.3) is 5.91 Å². The van der Waals surface area contributed by atoms with Gasteiger partial charge >= 0.3 is 5.97 Å². The van der Waals surface area contributed by atoms with E-state index in [1.165, 1.54) is 0 Å². The van der Waals surface area contributed by atoms with Crippen molar-refractivity contribution in [3.63, 3.8) is 0 Å². The van der Waals surface area contributed by atoms with Gasteiger partial charge in [0.05, 0.1) is 5.41 Å². The lowest BCUT2D eigenvalue weighted by atomic mass is 9.65. The Morgan fingerprint density at radius 1 is 1.29 bits per heavy atom. The molecule has 0 atom stereocenters. The first-order valence-corrected chi connectivity index (χ1v) is 8.11. The number of rotatable bonds is 3. The van der Waals surface area contributed by atoms with E-state index in [-0.39, 0.29) is 11.9 Å². The molecule has 0 N–H and O–H groups in total. The lowest BCUT2D eigenvalue weighted by Crippen LogP contribution is -2.45. The summed E-state index contributed by atoms with van der Waals surface area (Å²) < 4.78 is 5.65. The van der Waals surface area contributed by atoms with Gasteiger partial charge in [0.2, 0.25) is 0 Å². The molecule has 1 amide bonds. The van der Waals surface area contributed by atoms with E-state index in [0.29, 0.717) is 17.9 Å². The zero-order valence-electron chi connectivity index (χ0n) is 13.5. The van der Waals surface area contributed by atoms with Crippen LogP contribution in [0, 0.1) is 0 Å². The van der Waals surface area contributed by atoms with Gasteiger partial charge < -0.3 is 9.64 Å². The highest BCUT2D eigenvalue weighted by molar-refractivity contribution is 5.98. The monoisotopic (exact) mass is 322 g/mol. The van der Waals surface area contributed by atoms with Crippen LogP contribution in [0.5, 0.6) is 5.75 Å².